The summed E-state index contributed by atoms with van der Waals surface area (Å²) in [5.41, 5.74) is 8.18. The average Bonchev–Trinajstić information content (AvgIpc) is 2.80. The summed E-state index contributed by atoms with van der Waals surface area (Å²) in [5, 5.41) is 0. The number of hydrogen-bond acceptors (Lipinski definition) is 0. The highest BCUT2D eigenvalue weighted by atomic mass is 14.1. The summed E-state index contributed by atoms with van der Waals surface area (Å²) >= 11 is 0. The Labute approximate surface area is 174 Å². The SMILES string of the molecule is CC(c1ccccc1)c1ccc(Cc2ccc(C(C)c3ccccc3)cc2)cc1. The van der Waals surface area contributed by atoms with Gasteiger partial charge in [0.25, 0.3) is 0 Å². The van der Waals surface area contributed by atoms with Gasteiger partial charge in [0.05, 0.1) is 0 Å². The van der Waals surface area contributed by atoms with Gasteiger partial charge in [-0.15, -0.1) is 0 Å². The summed E-state index contributed by atoms with van der Waals surface area (Å²) in [6.45, 7) is 4.55. The van der Waals surface area contributed by atoms with Crippen LogP contribution in [0.4, 0.5) is 0 Å². The van der Waals surface area contributed by atoms with Gasteiger partial charge in [0, 0.05) is 11.8 Å². The van der Waals surface area contributed by atoms with E-state index in [1.54, 1.807) is 0 Å². The fourth-order valence-corrected chi connectivity index (χ4v) is 3.95. The van der Waals surface area contributed by atoms with Gasteiger partial charge in [-0.25, -0.2) is 0 Å². The van der Waals surface area contributed by atoms with Gasteiger partial charge in [-0.05, 0) is 39.8 Å². The number of rotatable bonds is 6. The van der Waals surface area contributed by atoms with Crippen LogP contribution in [-0.2, 0) is 6.42 Å². The van der Waals surface area contributed by atoms with Crippen molar-refractivity contribution in [2.75, 3.05) is 0 Å². The van der Waals surface area contributed by atoms with Gasteiger partial charge in [0.15, 0.2) is 0 Å². The van der Waals surface area contributed by atoms with E-state index in [9.17, 15) is 0 Å². The molecule has 0 amide bonds. The van der Waals surface area contributed by atoms with E-state index in [2.05, 4.69) is 123 Å². The van der Waals surface area contributed by atoms with E-state index in [4.69, 9.17) is 0 Å². The molecule has 0 aliphatic rings. The summed E-state index contributed by atoms with van der Waals surface area (Å²) in [5.74, 6) is 0.841. The van der Waals surface area contributed by atoms with Crippen LogP contribution in [0.25, 0.3) is 0 Å². The molecular weight excluding hydrogens is 348 g/mol. The Hall–Kier alpha value is -3.12. The van der Waals surface area contributed by atoms with E-state index in [1.807, 2.05) is 0 Å². The second kappa shape index (κ2) is 8.92. The third kappa shape index (κ3) is 4.66. The molecule has 0 aliphatic carbocycles. The van der Waals surface area contributed by atoms with E-state index >= 15 is 0 Å². The van der Waals surface area contributed by atoms with Crippen LogP contribution in [0.5, 0.6) is 0 Å². The van der Waals surface area contributed by atoms with Crippen molar-refractivity contribution < 1.29 is 0 Å². The monoisotopic (exact) mass is 376 g/mol. The van der Waals surface area contributed by atoms with E-state index in [0.717, 1.165) is 6.42 Å². The topological polar surface area (TPSA) is 0 Å². The molecule has 0 aromatic heterocycles. The van der Waals surface area contributed by atoms with Crippen LogP contribution in [0.2, 0.25) is 0 Å². The third-order valence-corrected chi connectivity index (χ3v) is 5.97. The molecule has 4 aromatic rings. The largest absolute Gasteiger partial charge is 0.0622 e. The zero-order valence-corrected chi connectivity index (χ0v) is 17.3. The predicted octanol–water partition coefficient (Wildman–Crippen LogP) is 7.58. The molecule has 0 heteroatoms. The molecule has 0 radical (unpaired) electrons. The Morgan fingerprint density at radius 1 is 0.414 bits per heavy atom. The molecule has 0 aliphatic heterocycles. The van der Waals surface area contributed by atoms with E-state index in [1.165, 1.54) is 33.4 Å². The lowest BCUT2D eigenvalue weighted by molar-refractivity contribution is 0.918. The van der Waals surface area contributed by atoms with Crippen LogP contribution < -0.4 is 0 Å². The first kappa shape index (κ1) is 19.2. The molecular formula is C29H28. The summed E-state index contributed by atoms with van der Waals surface area (Å²) in [7, 11) is 0. The highest BCUT2D eigenvalue weighted by Gasteiger charge is 2.09. The molecule has 4 rings (SSSR count). The predicted molar refractivity (Wildman–Crippen MR) is 124 cm³/mol. The molecule has 29 heavy (non-hydrogen) atoms. The smallest absolute Gasteiger partial charge is 0.00610 e. The Morgan fingerprint density at radius 2 is 0.724 bits per heavy atom. The van der Waals surface area contributed by atoms with Crippen LogP contribution in [-0.4, -0.2) is 0 Å². The quantitative estimate of drug-likeness (QED) is 0.325. The molecule has 2 unspecified atom stereocenters. The molecule has 0 saturated carbocycles. The normalized spacial score (nSPS) is 13.0. The molecule has 0 fully saturated rings. The minimum Gasteiger partial charge on any atom is -0.0622 e. The second-order valence-electron chi connectivity index (χ2n) is 7.92. The third-order valence-electron chi connectivity index (χ3n) is 5.97. The first-order valence-electron chi connectivity index (χ1n) is 10.5. The average molecular weight is 377 g/mol. The fraction of sp³-hybridized carbons (Fsp3) is 0.172. The van der Waals surface area contributed by atoms with E-state index < -0.39 is 0 Å². The zero-order valence-electron chi connectivity index (χ0n) is 17.3. The Bertz CT molecular complexity index is 926. The Kier molecular flexibility index (Phi) is 5.91. The molecule has 144 valence electrons. The standard InChI is InChI=1S/C29H28/c1-22(26-9-5-3-6-10-26)28-17-13-24(14-18-28)21-25-15-19-29(20-16-25)23(2)27-11-7-4-8-12-27/h3-20,22-23H,21H2,1-2H3. The van der Waals surface area contributed by atoms with Gasteiger partial charge in [-0.1, -0.05) is 123 Å². The molecule has 0 spiro atoms. The summed E-state index contributed by atoms with van der Waals surface area (Å²) in [4.78, 5) is 0. The van der Waals surface area contributed by atoms with E-state index in [0.29, 0.717) is 11.8 Å². The van der Waals surface area contributed by atoms with Gasteiger partial charge in [-0.3, -0.25) is 0 Å². The van der Waals surface area contributed by atoms with Crippen molar-refractivity contribution in [1.82, 2.24) is 0 Å². The molecule has 0 saturated heterocycles. The van der Waals surface area contributed by atoms with Crippen molar-refractivity contribution in [2.24, 2.45) is 0 Å². The van der Waals surface area contributed by atoms with Crippen molar-refractivity contribution >= 4 is 0 Å². The van der Waals surface area contributed by atoms with Crippen LogP contribution in [0.3, 0.4) is 0 Å². The molecule has 0 bridgehead atoms. The maximum Gasteiger partial charge on any atom is 0.00610 e. The van der Waals surface area contributed by atoms with Gasteiger partial charge >= 0.3 is 0 Å². The van der Waals surface area contributed by atoms with Gasteiger partial charge in [0.2, 0.25) is 0 Å². The number of hydrogen-bond donors (Lipinski definition) is 0. The van der Waals surface area contributed by atoms with Crippen LogP contribution >= 0.6 is 0 Å². The van der Waals surface area contributed by atoms with Gasteiger partial charge in [0.1, 0.15) is 0 Å². The lowest BCUT2D eigenvalue weighted by atomic mass is 9.91. The zero-order chi connectivity index (χ0) is 20.1. The minimum absolute atomic E-state index is 0.420. The van der Waals surface area contributed by atoms with Gasteiger partial charge < -0.3 is 0 Å². The molecule has 0 N–H and O–H groups in total. The Balaban J connectivity index is 1.43. The molecule has 0 heterocycles. The van der Waals surface area contributed by atoms with Gasteiger partial charge in [-0.2, -0.15) is 0 Å². The lowest BCUT2D eigenvalue weighted by Crippen LogP contribution is -1.97. The van der Waals surface area contributed by atoms with Crippen LogP contribution in [0, 0.1) is 0 Å². The molecule has 2 atom stereocenters. The summed E-state index contributed by atoms with van der Waals surface area (Å²) in [6, 6.07) is 39.6. The van der Waals surface area contributed by atoms with Crippen LogP contribution in [0.1, 0.15) is 59.1 Å². The highest BCUT2D eigenvalue weighted by Crippen LogP contribution is 2.26. The summed E-state index contributed by atoms with van der Waals surface area (Å²) < 4.78 is 0. The van der Waals surface area contributed by atoms with Crippen molar-refractivity contribution in [1.29, 1.82) is 0 Å². The first-order chi connectivity index (χ1) is 14.2. The van der Waals surface area contributed by atoms with Crippen molar-refractivity contribution in [3.05, 3.63) is 143 Å². The maximum atomic E-state index is 2.28. The van der Waals surface area contributed by atoms with Crippen molar-refractivity contribution in [2.45, 2.75) is 32.1 Å². The molecule has 4 aromatic carbocycles. The van der Waals surface area contributed by atoms with Crippen LogP contribution in [0.15, 0.2) is 109 Å². The fourth-order valence-electron chi connectivity index (χ4n) is 3.95. The maximum absolute atomic E-state index is 2.28. The second-order valence-corrected chi connectivity index (χ2v) is 7.92. The van der Waals surface area contributed by atoms with Crippen molar-refractivity contribution in [3.63, 3.8) is 0 Å². The summed E-state index contributed by atoms with van der Waals surface area (Å²) in [6.07, 6.45) is 0.972. The number of benzene rings is 4. The lowest BCUT2D eigenvalue weighted by Gasteiger charge is -2.14. The van der Waals surface area contributed by atoms with Crippen molar-refractivity contribution in [3.8, 4) is 0 Å². The van der Waals surface area contributed by atoms with E-state index in [-0.39, 0.29) is 0 Å². The Morgan fingerprint density at radius 3 is 1.07 bits per heavy atom. The highest BCUT2D eigenvalue weighted by molar-refractivity contribution is 5.37. The first-order valence-corrected chi connectivity index (χ1v) is 10.5. The molecule has 0 nitrogen and oxygen atoms in total. The minimum atomic E-state index is 0.420.